The molecule has 2 saturated carbocycles. The largest absolute Gasteiger partial charge is 0.330 e. The molecular formula is C23H22N6O5S. The van der Waals surface area contributed by atoms with Gasteiger partial charge in [0, 0.05) is 36.3 Å². The minimum atomic E-state index is -0.546. The number of aryl methyl sites for hydroxylation is 1. The lowest BCUT2D eigenvalue weighted by Crippen LogP contribution is -2.36. The summed E-state index contributed by atoms with van der Waals surface area (Å²) in [5, 5.41) is 11.8. The van der Waals surface area contributed by atoms with Crippen molar-refractivity contribution in [3.05, 3.63) is 60.5 Å². The summed E-state index contributed by atoms with van der Waals surface area (Å²) in [6, 6.07) is 4.59. The first-order valence-corrected chi connectivity index (χ1v) is 12.7. The third-order valence-corrected chi connectivity index (χ3v) is 7.61. The van der Waals surface area contributed by atoms with Gasteiger partial charge in [0.1, 0.15) is 16.2 Å². The molecule has 11 nitrogen and oxygen atoms in total. The van der Waals surface area contributed by atoms with E-state index in [0.29, 0.717) is 41.6 Å². The van der Waals surface area contributed by atoms with Crippen LogP contribution in [-0.2, 0) is 11.2 Å². The number of nitrogens with one attached hydrogen (secondary N) is 1. The number of nitro benzene ring substituents is 1. The van der Waals surface area contributed by atoms with E-state index >= 15 is 0 Å². The fourth-order valence-corrected chi connectivity index (χ4v) is 5.50. The molecule has 0 atom stereocenters. The molecule has 2 aromatic heterocycles. The number of amides is 1. The number of aromatic nitrogens is 4. The predicted molar refractivity (Wildman–Crippen MR) is 129 cm³/mol. The first-order valence-electron chi connectivity index (χ1n) is 11.7. The summed E-state index contributed by atoms with van der Waals surface area (Å²) in [7, 11) is 0. The number of fused-ring (bicyclic) bond motifs is 2. The minimum Gasteiger partial charge on any atom is -0.311 e. The van der Waals surface area contributed by atoms with Crippen molar-refractivity contribution in [1.82, 2.24) is 19.5 Å². The van der Waals surface area contributed by atoms with Gasteiger partial charge in [-0.1, -0.05) is 11.8 Å². The second kappa shape index (κ2) is 8.29. The van der Waals surface area contributed by atoms with Gasteiger partial charge < -0.3 is 4.90 Å². The molecule has 3 aliphatic rings. The number of carbonyl (C=O) groups is 1. The molecule has 180 valence electrons. The fraction of sp³-hybridized carbons (Fsp3) is 0.435. The van der Waals surface area contributed by atoms with E-state index in [-0.39, 0.29) is 34.7 Å². The van der Waals surface area contributed by atoms with Crippen LogP contribution in [0.3, 0.4) is 0 Å². The van der Waals surface area contributed by atoms with Crippen LogP contribution in [0.4, 0.5) is 11.4 Å². The van der Waals surface area contributed by atoms with Crippen LogP contribution in [0.1, 0.15) is 55.5 Å². The average Bonchev–Trinajstić information content (AvgIpc) is 3.74. The van der Waals surface area contributed by atoms with Crippen molar-refractivity contribution < 1.29 is 9.72 Å². The Labute approximate surface area is 202 Å². The zero-order chi connectivity index (χ0) is 24.3. The van der Waals surface area contributed by atoms with Crippen molar-refractivity contribution in [2.24, 2.45) is 0 Å². The Balaban J connectivity index is 1.33. The number of rotatable bonds is 6. The van der Waals surface area contributed by atoms with Gasteiger partial charge in [-0.25, -0.2) is 14.8 Å². The molecule has 35 heavy (non-hydrogen) atoms. The van der Waals surface area contributed by atoms with Crippen molar-refractivity contribution in [2.75, 3.05) is 17.2 Å². The molecule has 3 heterocycles. The molecule has 1 aliphatic heterocycles. The first kappa shape index (κ1) is 22.0. The highest BCUT2D eigenvalue weighted by molar-refractivity contribution is 8.00. The Bertz CT molecular complexity index is 1510. The van der Waals surface area contributed by atoms with Gasteiger partial charge in [0.05, 0.1) is 10.7 Å². The lowest BCUT2D eigenvalue weighted by molar-refractivity contribution is -0.384. The second-order valence-corrected chi connectivity index (χ2v) is 10.2. The Kier molecular flexibility index (Phi) is 5.20. The standard InChI is InChI=1S/C23H22N6O5S/c30-17(27-9-1-2-13-10-15(29(33)34)7-8-16(13)27)11-35-22-18-20(24-19(25-22)12-3-4-12)28(14-5-6-14)23(32)26-21(18)31/h7-8,10,12,14H,1-6,9,11H2,(H,26,31,32). The third-order valence-electron chi connectivity index (χ3n) is 6.65. The molecule has 0 unspecified atom stereocenters. The maximum Gasteiger partial charge on any atom is 0.330 e. The van der Waals surface area contributed by atoms with Crippen LogP contribution in [0, 0.1) is 10.1 Å². The van der Waals surface area contributed by atoms with E-state index in [9.17, 15) is 24.5 Å². The van der Waals surface area contributed by atoms with Gasteiger partial charge in [-0.2, -0.15) is 0 Å². The highest BCUT2D eigenvalue weighted by atomic mass is 32.2. The summed E-state index contributed by atoms with van der Waals surface area (Å²) < 4.78 is 1.56. The highest BCUT2D eigenvalue weighted by Gasteiger charge is 2.33. The Morgan fingerprint density at radius 1 is 1.20 bits per heavy atom. The fourth-order valence-electron chi connectivity index (χ4n) is 4.60. The molecular weight excluding hydrogens is 472 g/mol. The zero-order valence-corrected chi connectivity index (χ0v) is 19.5. The number of non-ortho nitro benzene ring substituents is 1. The normalized spacial score (nSPS) is 17.4. The van der Waals surface area contributed by atoms with Crippen molar-refractivity contribution >= 4 is 40.1 Å². The van der Waals surface area contributed by atoms with Crippen LogP contribution in [0.15, 0.2) is 32.8 Å². The van der Waals surface area contributed by atoms with E-state index < -0.39 is 16.2 Å². The molecule has 1 N–H and O–H groups in total. The van der Waals surface area contributed by atoms with Gasteiger partial charge >= 0.3 is 5.69 Å². The van der Waals surface area contributed by atoms with Crippen molar-refractivity contribution in [1.29, 1.82) is 0 Å². The van der Waals surface area contributed by atoms with Crippen molar-refractivity contribution in [3.63, 3.8) is 0 Å². The average molecular weight is 495 g/mol. The SMILES string of the molecule is O=C(CSc1nc(C2CC2)nc2c1c(=O)[nH]c(=O)n2C1CC1)N1CCCc2cc([N+](=O)[O-])ccc21. The highest BCUT2D eigenvalue weighted by Crippen LogP contribution is 2.41. The van der Waals surface area contributed by atoms with Gasteiger partial charge in [0.25, 0.3) is 11.2 Å². The quantitative estimate of drug-likeness (QED) is 0.238. The van der Waals surface area contributed by atoms with Crippen molar-refractivity contribution in [2.45, 2.75) is 55.5 Å². The lowest BCUT2D eigenvalue weighted by Gasteiger charge is -2.29. The van der Waals surface area contributed by atoms with E-state index in [1.165, 1.54) is 23.9 Å². The molecule has 3 aromatic rings. The van der Waals surface area contributed by atoms with E-state index in [4.69, 9.17) is 0 Å². The Morgan fingerprint density at radius 2 is 2.00 bits per heavy atom. The third kappa shape index (κ3) is 4.01. The maximum atomic E-state index is 13.2. The molecule has 1 aromatic carbocycles. The van der Waals surface area contributed by atoms with E-state index in [1.807, 2.05) is 0 Å². The molecule has 0 bridgehead atoms. The Hall–Kier alpha value is -3.54. The number of hydrogen-bond acceptors (Lipinski definition) is 8. The van der Waals surface area contributed by atoms with Crippen LogP contribution in [-0.4, -0.2) is 42.6 Å². The summed E-state index contributed by atoms with van der Waals surface area (Å²) in [5.41, 5.74) is 0.805. The monoisotopic (exact) mass is 494 g/mol. The minimum absolute atomic E-state index is 0.00780. The van der Waals surface area contributed by atoms with Gasteiger partial charge in [-0.3, -0.25) is 29.3 Å². The topological polar surface area (TPSA) is 144 Å². The van der Waals surface area contributed by atoms with Gasteiger partial charge in [-0.05, 0) is 50.2 Å². The van der Waals surface area contributed by atoms with Crippen LogP contribution >= 0.6 is 11.8 Å². The smallest absolute Gasteiger partial charge is 0.311 e. The van der Waals surface area contributed by atoms with Crippen LogP contribution in [0.2, 0.25) is 0 Å². The predicted octanol–water partition coefficient (Wildman–Crippen LogP) is 2.67. The van der Waals surface area contributed by atoms with Crippen LogP contribution < -0.4 is 16.1 Å². The molecule has 1 amide bonds. The van der Waals surface area contributed by atoms with E-state index in [0.717, 1.165) is 31.2 Å². The summed E-state index contributed by atoms with van der Waals surface area (Å²) in [6.07, 6.45) is 5.02. The molecule has 0 spiro atoms. The van der Waals surface area contributed by atoms with Gasteiger partial charge in [0.2, 0.25) is 5.91 Å². The molecule has 6 rings (SSSR count). The first-order chi connectivity index (χ1) is 16.9. The van der Waals surface area contributed by atoms with E-state index in [2.05, 4.69) is 15.0 Å². The molecule has 0 saturated heterocycles. The number of aromatic amines is 1. The number of H-pyrrole nitrogens is 1. The lowest BCUT2D eigenvalue weighted by atomic mass is 10.0. The number of carbonyl (C=O) groups excluding carboxylic acids is 1. The number of nitrogens with zero attached hydrogens (tertiary/aromatic N) is 5. The zero-order valence-electron chi connectivity index (χ0n) is 18.7. The van der Waals surface area contributed by atoms with Gasteiger partial charge in [0.15, 0.2) is 5.65 Å². The van der Waals surface area contributed by atoms with Gasteiger partial charge in [-0.15, -0.1) is 0 Å². The summed E-state index contributed by atoms with van der Waals surface area (Å²) in [6.45, 7) is 0.518. The number of nitro groups is 1. The number of hydrogen-bond donors (Lipinski definition) is 1. The number of thioether (sulfide) groups is 1. The molecule has 0 radical (unpaired) electrons. The summed E-state index contributed by atoms with van der Waals surface area (Å²) in [4.78, 5) is 62.5. The van der Waals surface area contributed by atoms with Crippen LogP contribution in [0.5, 0.6) is 0 Å². The molecule has 2 aliphatic carbocycles. The second-order valence-electron chi connectivity index (χ2n) is 9.23. The maximum absolute atomic E-state index is 13.2. The number of benzene rings is 1. The Morgan fingerprint density at radius 3 is 2.71 bits per heavy atom. The summed E-state index contributed by atoms with van der Waals surface area (Å²) >= 11 is 1.17. The van der Waals surface area contributed by atoms with E-state index in [1.54, 1.807) is 15.5 Å². The van der Waals surface area contributed by atoms with Crippen molar-refractivity contribution in [3.8, 4) is 0 Å². The molecule has 12 heteroatoms. The number of anilines is 1. The van der Waals surface area contributed by atoms with Crippen LogP contribution in [0.25, 0.3) is 11.0 Å². The summed E-state index contributed by atoms with van der Waals surface area (Å²) in [5.74, 6) is 0.689. The molecule has 2 fully saturated rings.